The highest BCUT2D eigenvalue weighted by Crippen LogP contribution is 2.33. The number of hydrogen-bond donors (Lipinski definition) is 1. The quantitative estimate of drug-likeness (QED) is 0.452. The van der Waals surface area contributed by atoms with E-state index in [9.17, 15) is 14.9 Å². The lowest BCUT2D eigenvalue weighted by Crippen LogP contribution is -2.23. The number of ether oxygens (including phenoxy) is 1. The van der Waals surface area contributed by atoms with Gasteiger partial charge in [-0.3, -0.25) is 14.9 Å². The number of hydrogen-bond acceptors (Lipinski definition) is 5. The first-order valence-electron chi connectivity index (χ1n) is 8.10. The summed E-state index contributed by atoms with van der Waals surface area (Å²) in [6, 6.07) is 8.29. The molecule has 7 heteroatoms. The van der Waals surface area contributed by atoms with Crippen molar-refractivity contribution in [2.75, 3.05) is 12.4 Å². The Morgan fingerprint density at radius 3 is 2.35 bits per heavy atom. The maximum atomic E-state index is 12.6. The second-order valence-corrected chi connectivity index (χ2v) is 7.47. The molecule has 1 N–H and O–H groups in total. The van der Waals surface area contributed by atoms with Gasteiger partial charge in [0.2, 0.25) is 5.91 Å². The average molecular weight is 374 g/mol. The zero-order chi connectivity index (χ0) is 19.4. The summed E-state index contributed by atoms with van der Waals surface area (Å²) in [5.74, 6) is 0.136. The van der Waals surface area contributed by atoms with Crippen LogP contribution in [0.1, 0.15) is 23.6 Å². The van der Waals surface area contributed by atoms with Gasteiger partial charge in [-0.05, 0) is 44.9 Å². The van der Waals surface area contributed by atoms with E-state index in [4.69, 9.17) is 4.74 Å². The number of thioether (sulfide) groups is 1. The van der Waals surface area contributed by atoms with Crippen LogP contribution in [-0.4, -0.2) is 23.2 Å². The van der Waals surface area contributed by atoms with E-state index in [0.717, 1.165) is 16.0 Å². The van der Waals surface area contributed by atoms with Gasteiger partial charge in [0.15, 0.2) is 0 Å². The number of anilines is 1. The van der Waals surface area contributed by atoms with E-state index in [2.05, 4.69) is 17.4 Å². The summed E-state index contributed by atoms with van der Waals surface area (Å²) < 4.78 is 5.19. The lowest BCUT2D eigenvalue weighted by atomic mass is 10.1. The molecule has 0 heterocycles. The van der Waals surface area contributed by atoms with Gasteiger partial charge in [-0.15, -0.1) is 11.8 Å². The third-order valence-electron chi connectivity index (χ3n) is 3.92. The summed E-state index contributed by atoms with van der Waals surface area (Å²) in [5, 5.41) is 13.3. The van der Waals surface area contributed by atoms with Crippen molar-refractivity contribution in [1.82, 2.24) is 0 Å². The Balaban J connectivity index is 2.20. The number of benzene rings is 2. The molecule has 0 spiro atoms. The van der Waals surface area contributed by atoms with Gasteiger partial charge in [0.1, 0.15) is 5.75 Å². The number of carbonyl (C=O) groups is 1. The molecule has 2 aromatic carbocycles. The SMILES string of the molecule is COc1ccc([N+](=O)[O-])cc1NC(=O)[C@@H](C)Sc1c(C)cc(C)cc1C. The van der Waals surface area contributed by atoms with E-state index in [-0.39, 0.29) is 22.5 Å². The van der Waals surface area contributed by atoms with E-state index in [1.807, 2.05) is 27.7 Å². The van der Waals surface area contributed by atoms with Crippen molar-refractivity contribution in [1.29, 1.82) is 0 Å². The standard InChI is InChI=1S/C19H22N2O4S/c1-11-8-12(2)18(13(3)9-11)26-14(4)19(22)20-16-10-15(21(23)24)6-7-17(16)25-5/h6-10,14H,1-5H3,(H,20,22)/t14-/m1/s1. The highest BCUT2D eigenvalue weighted by Gasteiger charge is 2.20. The topological polar surface area (TPSA) is 81.5 Å². The molecule has 6 nitrogen and oxygen atoms in total. The summed E-state index contributed by atoms with van der Waals surface area (Å²) in [4.78, 5) is 24.1. The zero-order valence-electron chi connectivity index (χ0n) is 15.5. The third-order valence-corrected chi connectivity index (χ3v) is 5.37. The summed E-state index contributed by atoms with van der Waals surface area (Å²) in [5.41, 5.74) is 3.62. The predicted molar refractivity (Wildman–Crippen MR) is 104 cm³/mol. The number of aryl methyl sites for hydroxylation is 3. The predicted octanol–water partition coefficient (Wildman–Crippen LogP) is 4.65. The highest BCUT2D eigenvalue weighted by atomic mass is 32.2. The van der Waals surface area contributed by atoms with Crippen LogP contribution in [0.3, 0.4) is 0 Å². The largest absolute Gasteiger partial charge is 0.495 e. The first-order valence-corrected chi connectivity index (χ1v) is 8.98. The number of nitro groups is 1. The number of methoxy groups -OCH3 is 1. The van der Waals surface area contributed by atoms with Gasteiger partial charge in [0.05, 0.1) is 23.0 Å². The summed E-state index contributed by atoms with van der Waals surface area (Å²) >= 11 is 1.47. The molecule has 0 aliphatic carbocycles. The Labute approximate surface area is 157 Å². The molecule has 0 aliphatic heterocycles. The van der Waals surface area contributed by atoms with Crippen LogP contribution in [0.4, 0.5) is 11.4 Å². The van der Waals surface area contributed by atoms with Crippen LogP contribution in [0.15, 0.2) is 35.2 Å². The van der Waals surface area contributed by atoms with Gasteiger partial charge in [0.25, 0.3) is 5.69 Å². The van der Waals surface area contributed by atoms with Crippen molar-refractivity contribution in [3.05, 3.63) is 57.1 Å². The van der Waals surface area contributed by atoms with Gasteiger partial charge >= 0.3 is 0 Å². The van der Waals surface area contributed by atoms with Crippen molar-refractivity contribution in [2.45, 2.75) is 37.8 Å². The third kappa shape index (κ3) is 4.54. The number of carbonyl (C=O) groups excluding carboxylic acids is 1. The minimum atomic E-state index is -0.508. The first-order chi connectivity index (χ1) is 12.2. The molecular formula is C19H22N2O4S. The molecule has 0 fully saturated rings. The van der Waals surface area contributed by atoms with E-state index >= 15 is 0 Å². The van der Waals surface area contributed by atoms with Crippen molar-refractivity contribution in [3.8, 4) is 5.75 Å². The number of rotatable bonds is 6. The van der Waals surface area contributed by atoms with E-state index in [1.54, 1.807) is 0 Å². The summed E-state index contributed by atoms with van der Waals surface area (Å²) in [6.07, 6.45) is 0. The molecule has 2 rings (SSSR count). The molecule has 0 bridgehead atoms. The molecule has 0 radical (unpaired) electrons. The highest BCUT2D eigenvalue weighted by molar-refractivity contribution is 8.00. The van der Waals surface area contributed by atoms with E-state index in [1.165, 1.54) is 42.6 Å². The maximum Gasteiger partial charge on any atom is 0.271 e. The van der Waals surface area contributed by atoms with Crippen LogP contribution in [0.5, 0.6) is 5.75 Å². The number of amides is 1. The Hall–Kier alpha value is -2.54. The van der Waals surface area contributed by atoms with Gasteiger partial charge in [-0.2, -0.15) is 0 Å². The van der Waals surface area contributed by atoms with E-state index in [0.29, 0.717) is 5.75 Å². The Kier molecular flexibility index (Phi) is 6.26. The fourth-order valence-electron chi connectivity index (χ4n) is 2.72. The fraction of sp³-hybridized carbons (Fsp3) is 0.316. The van der Waals surface area contributed by atoms with Crippen molar-refractivity contribution < 1.29 is 14.5 Å². The fourth-order valence-corrected chi connectivity index (χ4v) is 3.73. The summed E-state index contributed by atoms with van der Waals surface area (Å²) in [7, 11) is 1.45. The maximum absolute atomic E-state index is 12.6. The Morgan fingerprint density at radius 2 is 1.81 bits per heavy atom. The number of nitro benzene ring substituents is 1. The molecule has 0 saturated heterocycles. The van der Waals surface area contributed by atoms with Gasteiger partial charge in [-0.1, -0.05) is 17.7 Å². The molecule has 0 aromatic heterocycles. The average Bonchev–Trinajstić information content (AvgIpc) is 2.57. The van der Waals surface area contributed by atoms with Crippen LogP contribution in [0.2, 0.25) is 0 Å². The minimum absolute atomic E-state index is 0.105. The normalized spacial score (nSPS) is 11.7. The molecule has 0 unspecified atom stereocenters. The smallest absolute Gasteiger partial charge is 0.271 e. The monoisotopic (exact) mass is 374 g/mol. The van der Waals surface area contributed by atoms with Crippen LogP contribution in [-0.2, 0) is 4.79 Å². The molecule has 1 atom stereocenters. The molecule has 138 valence electrons. The van der Waals surface area contributed by atoms with Gasteiger partial charge < -0.3 is 10.1 Å². The second-order valence-electron chi connectivity index (χ2n) is 6.12. The van der Waals surface area contributed by atoms with Crippen LogP contribution < -0.4 is 10.1 Å². The van der Waals surface area contributed by atoms with Gasteiger partial charge in [-0.25, -0.2) is 0 Å². The lowest BCUT2D eigenvalue weighted by Gasteiger charge is -2.17. The van der Waals surface area contributed by atoms with Crippen molar-refractivity contribution >= 4 is 29.0 Å². The molecule has 0 aliphatic rings. The Morgan fingerprint density at radius 1 is 1.19 bits per heavy atom. The van der Waals surface area contributed by atoms with Crippen molar-refractivity contribution in [3.63, 3.8) is 0 Å². The van der Waals surface area contributed by atoms with Crippen molar-refractivity contribution in [2.24, 2.45) is 0 Å². The molecule has 0 saturated carbocycles. The first kappa shape index (κ1) is 19.8. The summed E-state index contributed by atoms with van der Waals surface area (Å²) in [6.45, 7) is 7.90. The van der Waals surface area contributed by atoms with Gasteiger partial charge in [0, 0.05) is 17.0 Å². The van der Waals surface area contributed by atoms with Crippen LogP contribution >= 0.6 is 11.8 Å². The zero-order valence-corrected chi connectivity index (χ0v) is 16.3. The van der Waals surface area contributed by atoms with Crippen LogP contribution in [0, 0.1) is 30.9 Å². The lowest BCUT2D eigenvalue weighted by molar-refractivity contribution is -0.384. The molecular weight excluding hydrogens is 352 g/mol. The minimum Gasteiger partial charge on any atom is -0.495 e. The van der Waals surface area contributed by atoms with E-state index < -0.39 is 4.92 Å². The molecule has 1 amide bonds. The number of nitrogens with zero attached hydrogens (tertiary/aromatic N) is 1. The Bertz CT molecular complexity index is 828. The number of nitrogens with one attached hydrogen (secondary N) is 1. The van der Waals surface area contributed by atoms with Crippen LogP contribution in [0.25, 0.3) is 0 Å². The second kappa shape index (κ2) is 8.23. The number of non-ortho nitro benzene ring substituents is 1. The molecule has 2 aromatic rings. The molecule has 26 heavy (non-hydrogen) atoms.